The van der Waals surface area contributed by atoms with Crippen molar-refractivity contribution in [2.45, 2.75) is 31.5 Å². The molecule has 2 aliphatic rings. The SMILES string of the molecule is COc1ccccc1C1=COC2CC(OCC(=O)c3ccc(F)cc3)CCC2C1=O. The highest BCUT2D eigenvalue weighted by atomic mass is 19.1. The zero-order chi connectivity index (χ0) is 21.1. The number of ether oxygens (including phenoxy) is 3. The molecule has 2 aromatic carbocycles. The quantitative estimate of drug-likeness (QED) is 0.668. The molecule has 1 heterocycles. The van der Waals surface area contributed by atoms with Crippen LogP contribution in [0.5, 0.6) is 5.75 Å². The number of benzene rings is 2. The molecule has 1 saturated carbocycles. The number of hydrogen-bond acceptors (Lipinski definition) is 5. The third-order valence-corrected chi connectivity index (χ3v) is 5.72. The number of Topliss-reactive ketones (excluding diaryl/α,β-unsaturated/α-hetero) is 2. The number of rotatable bonds is 6. The fourth-order valence-electron chi connectivity index (χ4n) is 4.08. The van der Waals surface area contributed by atoms with Crippen molar-refractivity contribution in [3.05, 3.63) is 71.7 Å². The van der Waals surface area contributed by atoms with Crippen molar-refractivity contribution < 1.29 is 28.2 Å². The number of allylic oxidation sites excluding steroid dienone is 1. The molecule has 2 aromatic rings. The molecule has 0 radical (unpaired) electrons. The smallest absolute Gasteiger partial charge is 0.188 e. The summed E-state index contributed by atoms with van der Waals surface area (Å²) in [6.45, 7) is -0.0794. The minimum absolute atomic E-state index is 0.0524. The molecule has 5 nitrogen and oxygen atoms in total. The van der Waals surface area contributed by atoms with Gasteiger partial charge in [0, 0.05) is 17.5 Å². The molecule has 4 rings (SSSR count). The number of fused-ring (bicyclic) bond motifs is 1. The van der Waals surface area contributed by atoms with Gasteiger partial charge < -0.3 is 14.2 Å². The Kier molecular flexibility index (Phi) is 5.95. The highest BCUT2D eigenvalue weighted by Gasteiger charge is 2.41. The normalized spacial score (nSPS) is 23.2. The molecule has 0 amide bonds. The van der Waals surface area contributed by atoms with E-state index >= 15 is 0 Å². The highest BCUT2D eigenvalue weighted by molar-refractivity contribution is 6.22. The van der Waals surface area contributed by atoms with Crippen molar-refractivity contribution in [3.8, 4) is 5.75 Å². The zero-order valence-electron chi connectivity index (χ0n) is 16.7. The van der Waals surface area contributed by atoms with Gasteiger partial charge in [0.15, 0.2) is 11.6 Å². The summed E-state index contributed by atoms with van der Waals surface area (Å²) >= 11 is 0. The molecule has 0 saturated heterocycles. The van der Waals surface area contributed by atoms with Gasteiger partial charge in [-0.3, -0.25) is 9.59 Å². The topological polar surface area (TPSA) is 61.8 Å². The number of para-hydroxylation sites is 1. The summed E-state index contributed by atoms with van der Waals surface area (Å²) in [5, 5.41) is 0. The number of hydrogen-bond donors (Lipinski definition) is 0. The van der Waals surface area contributed by atoms with E-state index in [4.69, 9.17) is 14.2 Å². The van der Waals surface area contributed by atoms with E-state index < -0.39 is 0 Å². The first kappa shape index (κ1) is 20.3. The first-order valence-electron chi connectivity index (χ1n) is 10.0. The van der Waals surface area contributed by atoms with Crippen LogP contribution in [-0.4, -0.2) is 37.5 Å². The van der Waals surface area contributed by atoms with Gasteiger partial charge in [-0.2, -0.15) is 0 Å². The van der Waals surface area contributed by atoms with Crippen molar-refractivity contribution in [2.75, 3.05) is 13.7 Å². The fraction of sp³-hybridized carbons (Fsp3) is 0.333. The Morgan fingerprint density at radius 1 is 1.13 bits per heavy atom. The minimum atomic E-state index is -0.384. The minimum Gasteiger partial charge on any atom is -0.496 e. The Bertz CT molecular complexity index is 966. The molecule has 1 aliphatic carbocycles. The second-order valence-corrected chi connectivity index (χ2v) is 7.55. The molecular weight excluding hydrogens is 387 g/mol. The summed E-state index contributed by atoms with van der Waals surface area (Å²) in [4.78, 5) is 25.3. The van der Waals surface area contributed by atoms with Gasteiger partial charge in [0.25, 0.3) is 0 Å². The first-order valence-corrected chi connectivity index (χ1v) is 10.0. The van der Waals surface area contributed by atoms with Gasteiger partial charge in [-0.25, -0.2) is 4.39 Å². The third-order valence-electron chi connectivity index (χ3n) is 5.72. The van der Waals surface area contributed by atoms with E-state index in [1.165, 1.54) is 30.5 Å². The lowest BCUT2D eigenvalue weighted by Crippen LogP contribution is -2.41. The standard InChI is InChI=1S/C24H23FO5/c1-28-22-5-3-2-4-18(22)20-13-30-23-12-17(10-11-19(23)24(20)27)29-14-21(26)15-6-8-16(25)9-7-15/h2-9,13,17,19,23H,10-12,14H2,1H3. The monoisotopic (exact) mass is 410 g/mol. The summed E-state index contributed by atoms with van der Waals surface area (Å²) < 4.78 is 30.1. The molecular formula is C24H23FO5. The first-order chi connectivity index (χ1) is 14.6. The Labute approximate surface area is 174 Å². The van der Waals surface area contributed by atoms with Gasteiger partial charge in [0.1, 0.15) is 24.3 Å². The summed E-state index contributed by atoms with van der Waals surface area (Å²) in [6, 6.07) is 12.8. The predicted octanol–water partition coefficient (Wildman–Crippen LogP) is 4.21. The Balaban J connectivity index is 1.38. The summed E-state index contributed by atoms with van der Waals surface area (Å²) in [6.07, 6.45) is 2.94. The zero-order valence-corrected chi connectivity index (χ0v) is 16.7. The lowest BCUT2D eigenvalue weighted by molar-refractivity contribution is -0.127. The number of carbonyl (C=O) groups is 2. The van der Waals surface area contributed by atoms with Gasteiger partial charge in [-0.05, 0) is 43.2 Å². The highest BCUT2D eigenvalue weighted by Crippen LogP contribution is 2.39. The Morgan fingerprint density at radius 2 is 1.90 bits per heavy atom. The van der Waals surface area contributed by atoms with Gasteiger partial charge in [-0.15, -0.1) is 0 Å². The Hall–Kier alpha value is -2.99. The average molecular weight is 410 g/mol. The van der Waals surface area contributed by atoms with E-state index in [0.29, 0.717) is 36.1 Å². The summed E-state index contributed by atoms with van der Waals surface area (Å²) in [5.74, 6) is -0.129. The van der Waals surface area contributed by atoms with Crippen LogP contribution in [0.15, 0.2) is 54.8 Å². The van der Waals surface area contributed by atoms with Crippen molar-refractivity contribution in [1.82, 2.24) is 0 Å². The molecule has 0 spiro atoms. The van der Waals surface area contributed by atoms with Crippen molar-refractivity contribution >= 4 is 17.1 Å². The molecule has 6 heteroatoms. The number of ketones is 2. The average Bonchev–Trinajstić information content (AvgIpc) is 2.78. The Morgan fingerprint density at radius 3 is 2.67 bits per heavy atom. The van der Waals surface area contributed by atoms with E-state index in [1.807, 2.05) is 24.3 Å². The van der Waals surface area contributed by atoms with Crippen LogP contribution in [0, 0.1) is 11.7 Å². The lowest BCUT2D eigenvalue weighted by Gasteiger charge is -2.37. The van der Waals surface area contributed by atoms with Crippen LogP contribution in [0.3, 0.4) is 0 Å². The fourth-order valence-corrected chi connectivity index (χ4v) is 4.08. The predicted molar refractivity (Wildman–Crippen MR) is 109 cm³/mol. The second kappa shape index (κ2) is 8.79. The van der Waals surface area contributed by atoms with Crippen molar-refractivity contribution in [3.63, 3.8) is 0 Å². The van der Waals surface area contributed by atoms with E-state index in [-0.39, 0.29) is 42.1 Å². The van der Waals surface area contributed by atoms with Crippen LogP contribution in [0.4, 0.5) is 4.39 Å². The maximum Gasteiger partial charge on any atom is 0.188 e. The van der Waals surface area contributed by atoms with Crippen LogP contribution in [0.25, 0.3) is 5.57 Å². The maximum atomic E-state index is 13.1. The molecule has 1 aliphatic heterocycles. The molecule has 1 fully saturated rings. The third kappa shape index (κ3) is 4.14. The number of methoxy groups -OCH3 is 1. The van der Waals surface area contributed by atoms with Gasteiger partial charge in [0.2, 0.25) is 0 Å². The van der Waals surface area contributed by atoms with E-state index in [9.17, 15) is 14.0 Å². The molecule has 156 valence electrons. The van der Waals surface area contributed by atoms with Crippen LogP contribution in [0.1, 0.15) is 35.2 Å². The van der Waals surface area contributed by atoms with Crippen LogP contribution < -0.4 is 4.74 Å². The molecule has 0 N–H and O–H groups in total. The van der Waals surface area contributed by atoms with E-state index in [2.05, 4.69) is 0 Å². The van der Waals surface area contributed by atoms with Gasteiger partial charge in [-0.1, -0.05) is 18.2 Å². The molecule has 3 unspecified atom stereocenters. The van der Waals surface area contributed by atoms with Crippen molar-refractivity contribution in [2.24, 2.45) is 5.92 Å². The summed E-state index contributed by atoms with van der Waals surface area (Å²) in [7, 11) is 1.58. The molecule has 30 heavy (non-hydrogen) atoms. The number of halogens is 1. The van der Waals surface area contributed by atoms with Crippen LogP contribution >= 0.6 is 0 Å². The van der Waals surface area contributed by atoms with Crippen LogP contribution in [0.2, 0.25) is 0 Å². The van der Waals surface area contributed by atoms with Gasteiger partial charge in [0.05, 0.1) is 31.0 Å². The molecule has 0 aromatic heterocycles. The molecule has 0 bridgehead atoms. The van der Waals surface area contributed by atoms with E-state index in [1.54, 1.807) is 7.11 Å². The van der Waals surface area contributed by atoms with Crippen LogP contribution in [-0.2, 0) is 14.3 Å². The van der Waals surface area contributed by atoms with Crippen molar-refractivity contribution in [1.29, 1.82) is 0 Å². The number of carbonyl (C=O) groups excluding carboxylic acids is 2. The summed E-state index contributed by atoms with van der Waals surface area (Å²) in [5.41, 5.74) is 1.67. The lowest BCUT2D eigenvalue weighted by atomic mass is 9.77. The van der Waals surface area contributed by atoms with E-state index in [0.717, 1.165) is 5.56 Å². The largest absolute Gasteiger partial charge is 0.496 e. The second-order valence-electron chi connectivity index (χ2n) is 7.55. The van der Waals surface area contributed by atoms with Gasteiger partial charge >= 0.3 is 0 Å². The molecule has 3 atom stereocenters. The maximum absolute atomic E-state index is 13.1.